The molecule has 32 unspecified atom stereocenters. The lowest BCUT2D eigenvalue weighted by Crippen LogP contribution is -2.67. The van der Waals surface area contributed by atoms with E-state index in [9.17, 15) is 66.4 Å². The summed E-state index contributed by atoms with van der Waals surface area (Å²) in [6.07, 6.45) is -25.2. The molecule has 6 saturated heterocycles. The summed E-state index contributed by atoms with van der Waals surface area (Å²) in [5.41, 5.74) is 0.270. The Hall–Kier alpha value is -0.920. The van der Waals surface area contributed by atoms with Crippen LogP contribution in [0.5, 0.6) is 0 Å². The first-order valence-electron chi connectivity index (χ1n) is 27.3. The Morgan fingerprint density at radius 1 is 0.500 bits per heavy atom. The van der Waals surface area contributed by atoms with Crippen molar-refractivity contribution in [1.29, 1.82) is 0 Å². The average molecular weight is 1070 g/mol. The minimum absolute atomic E-state index is 0.0782. The molecule has 10 fully saturated rings. The molecule has 1 spiro atoms. The van der Waals surface area contributed by atoms with E-state index in [1.807, 2.05) is 0 Å². The molecule has 4 saturated carbocycles. The third kappa shape index (κ3) is 9.66. The summed E-state index contributed by atoms with van der Waals surface area (Å²) >= 11 is 0. The topological polar surface area (TPSA) is 355 Å². The van der Waals surface area contributed by atoms with Crippen molar-refractivity contribution in [3.05, 3.63) is 0 Å². The van der Waals surface area contributed by atoms with Gasteiger partial charge in [-0.1, -0.05) is 27.7 Å². The fraction of sp³-hybridized carbons (Fsp3) is 1.00. The Labute approximate surface area is 430 Å². The van der Waals surface area contributed by atoms with Crippen LogP contribution >= 0.6 is 0 Å². The van der Waals surface area contributed by atoms with Crippen LogP contribution in [0.25, 0.3) is 0 Å². The number of rotatable bonds is 12. The van der Waals surface area contributed by atoms with Crippen molar-refractivity contribution >= 4 is 0 Å². The van der Waals surface area contributed by atoms with E-state index in [-0.39, 0.29) is 23.0 Å². The Balaban J connectivity index is 0.810. The molecule has 0 aromatic rings. The van der Waals surface area contributed by atoms with Crippen molar-refractivity contribution in [2.75, 3.05) is 33.0 Å². The van der Waals surface area contributed by atoms with Gasteiger partial charge in [0.2, 0.25) is 0 Å². The molecule has 426 valence electrons. The summed E-state index contributed by atoms with van der Waals surface area (Å²) in [5, 5.41) is 139. The summed E-state index contributed by atoms with van der Waals surface area (Å²) in [5.74, 6) is 2.99. The third-order valence-electron chi connectivity index (χ3n) is 20.4. The summed E-state index contributed by atoms with van der Waals surface area (Å²) in [4.78, 5) is 0. The summed E-state index contributed by atoms with van der Waals surface area (Å²) < 4.78 is 61.4. The molecule has 74 heavy (non-hydrogen) atoms. The molecule has 0 radical (unpaired) electrons. The Morgan fingerprint density at radius 3 is 1.64 bits per heavy atom. The fourth-order valence-corrected chi connectivity index (χ4v) is 16.1. The third-order valence-corrected chi connectivity index (χ3v) is 20.4. The smallest absolute Gasteiger partial charge is 0.187 e. The van der Waals surface area contributed by atoms with Crippen LogP contribution in [0.1, 0.15) is 91.9 Å². The van der Waals surface area contributed by atoms with Crippen LogP contribution in [0.2, 0.25) is 0 Å². The van der Waals surface area contributed by atoms with Crippen molar-refractivity contribution < 1.29 is 114 Å². The largest absolute Gasteiger partial charge is 0.394 e. The predicted molar refractivity (Wildman–Crippen MR) is 248 cm³/mol. The standard InChI is InChI=1S/C51H84O23/c1-20-7-12-51(66-18-20)21(2)32-27(74-51)14-26-24-6-5-22-13-23(8-10-49(22,3)25(24)9-11-50(26,32)4)67-45-40(62)39(61)35(57)31(71-45)19-65-48-44(73-47-42(64)38(60)34(56)29(16-53)69-47)43(36(58)30(17-54)70-48)72-46-41(63)37(59)33(55)28(15-52)68-46/h20-48,52-64H,5-19H2,1-4H3. The molecule has 6 heterocycles. The first kappa shape index (κ1) is 56.4. The van der Waals surface area contributed by atoms with Crippen LogP contribution in [0.4, 0.5) is 0 Å². The highest BCUT2D eigenvalue weighted by molar-refractivity contribution is 5.15. The van der Waals surface area contributed by atoms with Crippen molar-refractivity contribution in [1.82, 2.24) is 0 Å². The molecule has 0 bridgehead atoms. The summed E-state index contributed by atoms with van der Waals surface area (Å²) in [6, 6.07) is 0. The lowest BCUT2D eigenvalue weighted by Gasteiger charge is -2.61. The van der Waals surface area contributed by atoms with Gasteiger partial charge < -0.3 is 114 Å². The van der Waals surface area contributed by atoms with Gasteiger partial charge in [0.1, 0.15) is 97.7 Å². The number of aliphatic hydroxyl groups excluding tert-OH is 13. The van der Waals surface area contributed by atoms with Crippen LogP contribution < -0.4 is 0 Å². The van der Waals surface area contributed by atoms with Gasteiger partial charge in [0, 0.05) is 12.3 Å². The highest BCUT2D eigenvalue weighted by atomic mass is 16.8. The zero-order chi connectivity index (χ0) is 52.9. The second-order valence-corrected chi connectivity index (χ2v) is 24.4. The highest BCUT2D eigenvalue weighted by Gasteiger charge is 2.69. The molecule has 23 heteroatoms. The van der Waals surface area contributed by atoms with Gasteiger partial charge >= 0.3 is 0 Å². The average Bonchev–Trinajstić information content (AvgIpc) is 3.84. The molecule has 6 aliphatic heterocycles. The molecule has 4 aliphatic carbocycles. The molecule has 23 nitrogen and oxygen atoms in total. The van der Waals surface area contributed by atoms with Crippen LogP contribution in [0, 0.1) is 52.3 Å². The van der Waals surface area contributed by atoms with Crippen LogP contribution in [-0.4, -0.2) is 240 Å². The van der Waals surface area contributed by atoms with Crippen molar-refractivity contribution in [3.8, 4) is 0 Å². The normalized spacial score (nSPS) is 57.6. The molecule has 10 rings (SSSR count). The number of ether oxygens (including phenoxy) is 10. The number of fused-ring (bicyclic) bond motifs is 7. The van der Waals surface area contributed by atoms with E-state index in [1.54, 1.807) is 0 Å². The molecule has 10 aliphatic rings. The van der Waals surface area contributed by atoms with Gasteiger partial charge in [0.15, 0.2) is 30.9 Å². The van der Waals surface area contributed by atoms with Gasteiger partial charge in [0.05, 0.1) is 45.2 Å². The lowest BCUT2D eigenvalue weighted by atomic mass is 9.44. The zero-order valence-corrected chi connectivity index (χ0v) is 42.7. The predicted octanol–water partition coefficient (Wildman–Crippen LogP) is -2.91. The Morgan fingerprint density at radius 2 is 1.04 bits per heavy atom. The quantitative estimate of drug-likeness (QED) is 0.0872. The van der Waals surface area contributed by atoms with Gasteiger partial charge in [-0.15, -0.1) is 0 Å². The summed E-state index contributed by atoms with van der Waals surface area (Å²) in [7, 11) is 0. The van der Waals surface area contributed by atoms with Gasteiger partial charge in [0.25, 0.3) is 0 Å². The van der Waals surface area contributed by atoms with Gasteiger partial charge in [-0.25, -0.2) is 0 Å². The first-order valence-corrected chi connectivity index (χ1v) is 27.3. The SMILES string of the molecule is CC1CCC2(OC1)OC1CC3C4CCC5CC(OC6OC(COC7OC(CO)C(O)C(OC8OC(CO)C(O)C(O)C8O)C7OC7OC(CO)C(O)C(O)C7O)C(O)C(O)C6O)CCC5(C)C4CCC3(C)C1C2C. The number of hydrogen-bond donors (Lipinski definition) is 13. The maximum atomic E-state index is 11.5. The first-order chi connectivity index (χ1) is 35.2. The lowest BCUT2D eigenvalue weighted by molar-refractivity contribution is -0.395. The second kappa shape index (κ2) is 21.9. The number of hydrogen-bond acceptors (Lipinski definition) is 23. The van der Waals surface area contributed by atoms with Gasteiger partial charge in [-0.2, -0.15) is 0 Å². The van der Waals surface area contributed by atoms with Crippen LogP contribution in [-0.2, 0) is 47.4 Å². The van der Waals surface area contributed by atoms with E-state index in [1.165, 1.54) is 0 Å². The molecular formula is C51H84O23. The molecule has 0 aromatic carbocycles. The van der Waals surface area contributed by atoms with Crippen LogP contribution in [0.3, 0.4) is 0 Å². The van der Waals surface area contributed by atoms with Crippen molar-refractivity contribution in [2.24, 2.45) is 52.3 Å². The van der Waals surface area contributed by atoms with E-state index < -0.39 is 155 Å². The van der Waals surface area contributed by atoms with E-state index in [4.69, 9.17) is 47.4 Å². The van der Waals surface area contributed by atoms with E-state index in [0.29, 0.717) is 54.3 Å². The Bertz CT molecular complexity index is 1880. The zero-order valence-electron chi connectivity index (χ0n) is 42.7. The molecule has 0 aromatic heterocycles. The van der Waals surface area contributed by atoms with Gasteiger partial charge in [-0.05, 0) is 104 Å². The van der Waals surface area contributed by atoms with Crippen molar-refractivity contribution in [3.63, 3.8) is 0 Å². The monoisotopic (exact) mass is 1060 g/mol. The van der Waals surface area contributed by atoms with Gasteiger partial charge in [-0.3, -0.25) is 0 Å². The molecule has 0 amide bonds. The maximum Gasteiger partial charge on any atom is 0.187 e. The van der Waals surface area contributed by atoms with E-state index >= 15 is 0 Å². The van der Waals surface area contributed by atoms with Crippen LogP contribution in [0.15, 0.2) is 0 Å². The van der Waals surface area contributed by atoms with E-state index in [0.717, 1.165) is 58.0 Å². The van der Waals surface area contributed by atoms with Crippen molar-refractivity contribution in [2.45, 2.75) is 233 Å². The maximum absolute atomic E-state index is 11.5. The molecular weight excluding hydrogens is 981 g/mol. The Kier molecular flexibility index (Phi) is 16.6. The van der Waals surface area contributed by atoms with E-state index in [2.05, 4.69) is 27.7 Å². The minimum Gasteiger partial charge on any atom is -0.394 e. The fourth-order valence-electron chi connectivity index (χ4n) is 16.1. The number of aliphatic hydroxyl groups is 13. The minimum atomic E-state index is -2.00. The summed E-state index contributed by atoms with van der Waals surface area (Å²) in [6.45, 7) is 7.18. The molecule has 13 N–H and O–H groups in total. The molecule has 32 atom stereocenters. The highest BCUT2D eigenvalue weighted by Crippen LogP contribution is 2.71. The second-order valence-electron chi connectivity index (χ2n) is 24.4.